The lowest BCUT2D eigenvalue weighted by Gasteiger charge is -2.28. The van der Waals surface area contributed by atoms with Crippen molar-refractivity contribution in [2.24, 2.45) is 0 Å². The van der Waals surface area contributed by atoms with Gasteiger partial charge in [-0.15, -0.1) is 0 Å². The molecule has 2 aromatic carbocycles. The number of allylic oxidation sites excluding steroid dienone is 1. The SMILES string of the molecule is O=C1CC(N(CCC2=CCCCC2)S(=O)(=O)c2cc(Cl)ccc2Cl)C(=O)N1c1ccc(F)cc1. The Morgan fingerprint density at radius 2 is 1.79 bits per heavy atom. The van der Waals surface area contributed by atoms with Gasteiger partial charge in [0, 0.05) is 11.6 Å². The molecule has 2 amide bonds. The summed E-state index contributed by atoms with van der Waals surface area (Å²) in [5, 5.41) is 0.151. The lowest BCUT2D eigenvalue weighted by Crippen LogP contribution is -2.46. The van der Waals surface area contributed by atoms with Crippen LogP contribution in [0.2, 0.25) is 10.0 Å². The Morgan fingerprint density at radius 1 is 1.06 bits per heavy atom. The van der Waals surface area contributed by atoms with Gasteiger partial charge in [-0.1, -0.05) is 34.9 Å². The highest BCUT2D eigenvalue weighted by atomic mass is 35.5. The lowest BCUT2D eigenvalue weighted by molar-refractivity contribution is -0.122. The van der Waals surface area contributed by atoms with Crippen LogP contribution < -0.4 is 4.90 Å². The van der Waals surface area contributed by atoms with Gasteiger partial charge in [0.25, 0.3) is 5.91 Å². The predicted octanol–water partition coefficient (Wildman–Crippen LogP) is 5.35. The van der Waals surface area contributed by atoms with E-state index < -0.39 is 33.7 Å². The minimum atomic E-state index is -4.28. The quantitative estimate of drug-likeness (QED) is 0.361. The summed E-state index contributed by atoms with van der Waals surface area (Å²) in [5.41, 5.74) is 1.31. The van der Waals surface area contributed by atoms with E-state index in [0.717, 1.165) is 52.6 Å². The number of hydrogen-bond acceptors (Lipinski definition) is 4. The third-order valence-corrected chi connectivity index (χ3v) is 8.70. The van der Waals surface area contributed by atoms with Crippen LogP contribution >= 0.6 is 23.2 Å². The van der Waals surface area contributed by atoms with E-state index in [2.05, 4.69) is 6.08 Å². The molecule has 0 bridgehead atoms. The average Bonchev–Trinajstić information content (AvgIpc) is 3.10. The summed E-state index contributed by atoms with van der Waals surface area (Å²) in [6.07, 6.45) is 6.13. The van der Waals surface area contributed by atoms with Crippen molar-refractivity contribution in [3.8, 4) is 0 Å². The Balaban J connectivity index is 1.71. The van der Waals surface area contributed by atoms with Crippen LogP contribution in [0.3, 0.4) is 0 Å². The third-order valence-electron chi connectivity index (χ3n) is 6.07. The molecule has 1 saturated heterocycles. The Kier molecular flexibility index (Phi) is 7.42. The first-order valence-electron chi connectivity index (χ1n) is 11.0. The van der Waals surface area contributed by atoms with Crippen LogP contribution in [0.25, 0.3) is 0 Å². The summed E-state index contributed by atoms with van der Waals surface area (Å²) in [4.78, 5) is 26.8. The van der Waals surface area contributed by atoms with E-state index in [0.29, 0.717) is 6.42 Å². The van der Waals surface area contributed by atoms with Crippen molar-refractivity contribution >= 4 is 50.7 Å². The molecule has 34 heavy (non-hydrogen) atoms. The van der Waals surface area contributed by atoms with E-state index in [-0.39, 0.29) is 33.6 Å². The van der Waals surface area contributed by atoms with Gasteiger partial charge in [-0.25, -0.2) is 17.7 Å². The molecule has 0 saturated carbocycles. The first-order chi connectivity index (χ1) is 16.2. The van der Waals surface area contributed by atoms with Gasteiger partial charge in [-0.3, -0.25) is 9.59 Å². The molecule has 1 unspecified atom stereocenters. The maximum Gasteiger partial charge on any atom is 0.252 e. The van der Waals surface area contributed by atoms with Crippen LogP contribution in [0.5, 0.6) is 0 Å². The molecule has 1 aliphatic carbocycles. The van der Waals surface area contributed by atoms with Crippen molar-refractivity contribution in [2.45, 2.75) is 49.5 Å². The molecule has 0 spiro atoms. The number of hydrogen-bond donors (Lipinski definition) is 0. The smallest absolute Gasteiger partial charge is 0.252 e. The van der Waals surface area contributed by atoms with E-state index in [4.69, 9.17) is 23.2 Å². The molecule has 0 aromatic heterocycles. The van der Waals surface area contributed by atoms with Crippen molar-refractivity contribution in [3.63, 3.8) is 0 Å². The Labute approximate surface area is 208 Å². The number of carbonyl (C=O) groups excluding carboxylic acids is 2. The van der Waals surface area contributed by atoms with E-state index in [1.54, 1.807) is 0 Å². The second-order valence-corrected chi connectivity index (χ2v) is 11.0. The fourth-order valence-corrected chi connectivity index (χ4v) is 6.65. The second kappa shape index (κ2) is 10.2. The monoisotopic (exact) mass is 524 g/mol. The van der Waals surface area contributed by atoms with Crippen LogP contribution in [-0.4, -0.2) is 37.1 Å². The van der Waals surface area contributed by atoms with Gasteiger partial charge >= 0.3 is 0 Å². The fraction of sp³-hybridized carbons (Fsp3) is 0.333. The maximum absolute atomic E-state index is 13.7. The number of nitrogens with zero attached hydrogens (tertiary/aromatic N) is 2. The molecule has 10 heteroatoms. The summed E-state index contributed by atoms with van der Waals surface area (Å²) in [6.45, 7) is 0.0119. The zero-order chi connectivity index (χ0) is 24.5. The Morgan fingerprint density at radius 3 is 2.47 bits per heavy atom. The van der Waals surface area contributed by atoms with Crippen LogP contribution in [0.4, 0.5) is 10.1 Å². The number of halogens is 3. The first-order valence-corrected chi connectivity index (χ1v) is 13.2. The van der Waals surface area contributed by atoms with E-state index >= 15 is 0 Å². The number of rotatable bonds is 7. The van der Waals surface area contributed by atoms with E-state index in [1.165, 1.54) is 30.3 Å². The first kappa shape index (κ1) is 24.9. The van der Waals surface area contributed by atoms with Crippen molar-refractivity contribution in [3.05, 3.63) is 70.0 Å². The van der Waals surface area contributed by atoms with Crippen LogP contribution in [0.15, 0.2) is 59.0 Å². The predicted molar refractivity (Wildman–Crippen MR) is 129 cm³/mol. The molecule has 2 aromatic rings. The highest BCUT2D eigenvalue weighted by molar-refractivity contribution is 7.89. The number of anilines is 1. The lowest BCUT2D eigenvalue weighted by atomic mass is 9.97. The highest BCUT2D eigenvalue weighted by Crippen LogP contribution is 2.34. The number of sulfonamides is 1. The molecule has 1 aliphatic heterocycles. The molecule has 0 N–H and O–H groups in total. The van der Waals surface area contributed by atoms with Gasteiger partial charge in [0.2, 0.25) is 15.9 Å². The molecule has 6 nitrogen and oxygen atoms in total. The van der Waals surface area contributed by atoms with Crippen LogP contribution in [-0.2, 0) is 19.6 Å². The average molecular weight is 525 g/mol. The fourth-order valence-electron chi connectivity index (χ4n) is 4.33. The largest absolute Gasteiger partial charge is 0.274 e. The molecule has 4 rings (SSSR count). The summed E-state index contributed by atoms with van der Waals surface area (Å²) < 4.78 is 41.9. The highest BCUT2D eigenvalue weighted by Gasteiger charge is 2.47. The molecular weight excluding hydrogens is 502 g/mol. The summed E-state index contributed by atoms with van der Waals surface area (Å²) in [7, 11) is -4.28. The summed E-state index contributed by atoms with van der Waals surface area (Å²) >= 11 is 12.3. The zero-order valence-electron chi connectivity index (χ0n) is 18.2. The van der Waals surface area contributed by atoms with Gasteiger partial charge in [0.15, 0.2) is 0 Å². The Hall–Kier alpha value is -2.26. The summed E-state index contributed by atoms with van der Waals surface area (Å²) in [5.74, 6) is -1.76. The van der Waals surface area contributed by atoms with Crippen LogP contribution in [0, 0.1) is 5.82 Å². The molecule has 1 heterocycles. The van der Waals surface area contributed by atoms with Crippen molar-refractivity contribution in [1.29, 1.82) is 0 Å². The van der Waals surface area contributed by atoms with Gasteiger partial charge in [0.05, 0.1) is 17.1 Å². The van der Waals surface area contributed by atoms with Crippen molar-refractivity contribution in [1.82, 2.24) is 4.31 Å². The molecular formula is C24H23Cl2FN2O4S. The summed E-state index contributed by atoms with van der Waals surface area (Å²) in [6, 6.07) is 7.75. The molecule has 180 valence electrons. The van der Waals surface area contributed by atoms with E-state index in [1.807, 2.05) is 0 Å². The standard InChI is InChI=1S/C24H23Cl2FN2O4S/c25-17-6-11-20(26)22(14-17)34(32,33)28(13-12-16-4-2-1-3-5-16)21-15-23(30)29(24(21)31)19-9-7-18(27)8-10-19/h4,6-11,14,21H,1-3,5,12-13,15H2. The number of amides is 2. The number of carbonyl (C=O) groups is 2. The number of benzene rings is 2. The van der Waals surface area contributed by atoms with Gasteiger partial charge < -0.3 is 0 Å². The molecule has 0 radical (unpaired) electrons. The molecule has 1 atom stereocenters. The van der Waals surface area contributed by atoms with Gasteiger partial charge in [-0.05, 0) is 74.6 Å². The topological polar surface area (TPSA) is 74.8 Å². The normalized spacial score (nSPS) is 19.1. The second-order valence-electron chi connectivity index (χ2n) is 8.31. The van der Waals surface area contributed by atoms with Gasteiger partial charge in [0.1, 0.15) is 16.8 Å². The van der Waals surface area contributed by atoms with Crippen molar-refractivity contribution in [2.75, 3.05) is 11.4 Å². The Bertz CT molecular complexity index is 1250. The zero-order valence-corrected chi connectivity index (χ0v) is 20.5. The maximum atomic E-state index is 13.7. The van der Waals surface area contributed by atoms with Gasteiger partial charge in [-0.2, -0.15) is 4.31 Å². The number of imide groups is 1. The van der Waals surface area contributed by atoms with Crippen LogP contribution in [0.1, 0.15) is 38.5 Å². The van der Waals surface area contributed by atoms with E-state index in [9.17, 15) is 22.4 Å². The third kappa shape index (κ3) is 5.05. The minimum absolute atomic E-state index is 0.0119. The van der Waals surface area contributed by atoms with Crippen molar-refractivity contribution < 1.29 is 22.4 Å². The molecule has 2 aliphatic rings. The minimum Gasteiger partial charge on any atom is -0.274 e. The molecule has 1 fully saturated rings.